The van der Waals surface area contributed by atoms with Crippen molar-refractivity contribution >= 4 is 5.91 Å². The molecule has 3 aromatic rings. The predicted molar refractivity (Wildman–Crippen MR) is 128 cm³/mol. The Kier molecular flexibility index (Phi) is 7.59. The second-order valence-electron chi connectivity index (χ2n) is 8.80. The zero-order chi connectivity index (χ0) is 24.1. The van der Waals surface area contributed by atoms with E-state index in [1.165, 1.54) is 18.4 Å². The molecule has 1 aliphatic heterocycles. The fraction of sp³-hybridized carbons (Fsp3) is 0.385. The summed E-state index contributed by atoms with van der Waals surface area (Å²) in [6.07, 6.45) is 1.49. The van der Waals surface area contributed by atoms with Crippen molar-refractivity contribution in [3.8, 4) is 16.9 Å². The maximum atomic E-state index is 13.4. The summed E-state index contributed by atoms with van der Waals surface area (Å²) in [6, 6.07) is 13.9. The Hall–Kier alpha value is -3.23. The van der Waals surface area contributed by atoms with Crippen LogP contribution in [0.15, 0.2) is 59.3 Å². The van der Waals surface area contributed by atoms with Crippen LogP contribution >= 0.6 is 0 Å². The van der Waals surface area contributed by atoms with E-state index in [1.807, 2.05) is 19.1 Å². The largest absolute Gasteiger partial charge is 0.483 e. The minimum atomic E-state index is -0.260. The van der Waals surface area contributed by atoms with E-state index in [1.54, 1.807) is 30.1 Å². The Morgan fingerprint density at radius 2 is 1.82 bits per heavy atom. The van der Waals surface area contributed by atoms with Crippen molar-refractivity contribution in [2.45, 2.75) is 19.5 Å². The molecule has 1 amide bonds. The van der Waals surface area contributed by atoms with E-state index in [2.05, 4.69) is 28.1 Å². The summed E-state index contributed by atoms with van der Waals surface area (Å²) in [5, 5.41) is 3.92. The molecule has 8 heteroatoms. The highest BCUT2D eigenvalue weighted by Gasteiger charge is 2.21. The van der Waals surface area contributed by atoms with Gasteiger partial charge in [0.15, 0.2) is 6.61 Å². The smallest absolute Gasteiger partial charge is 0.260 e. The molecule has 1 aliphatic rings. The molecule has 34 heavy (non-hydrogen) atoms. The summed E-state index contributed by atoms with van der Waals surface area (Å²) in [7, 11) is 3.86. The number of nitrogens with zero attached hydrogens (tertiary/aromatic N) is 4. The van der Waals surface area contributed by atoms with Crippen molar-refractivity contribution in [2.24, 2.45) is 0 Å². The van der Waals surface area contributed by atoms with Gasteiger partial charge in [-0.05, 0) is 49.4 Å². The molecular formula is C26H31FN4O3. The molecule has 1 unspecified atom stereocenters. The Morgan fingerprint density at radius 3 is 2.50 bits per heavy atom. The van der Waals surface area contributed by atoms with Gasteiger partial charge in [-0.1, -0.05) is 23.4 Å². The van der Waals surface area contributed by atoms with Crippen LogP contribution in [0.3, 0.4) is 0 Å². The van der Waals surface area contributed by atoms with Gasteiger partial charge in [0.05, 0.1) is 6.04 Å². The van der Waals surface area contributed by atoms with Gasteiger partial charge in [0.25, 0.3) is 5.91 Å². The molecule has 0 spiro atoms. The van der Waals surface area contributed by atoms with E-state index < -0.39 is 0 Å². The van der Waals surface area contributed by atoms with Gasteiger partial charge in [0, 0.05) is 51.4 Å². The molecule has 0 N–H and O–H groups in total. The molecule has 1 fully saturated rings. The summed E-state index contributed by atoms with van der Waals surface area (Å²) >= 11 is 0. The topological polar surface area (TPSA) is 62.1 Å². The highest BCUT2D eigenvalue weighted by Crippen LogP contribution is 2.29. The zero-order valence-electron chi connectivity index (χ0n) is 19.9. The lowest BCUT2D eigenvalue weighted by Crippen LogP contribution is -2.43. The number of rotatable bonds is 8. The Balaban J connectivity index is 1.50. The van der Waals surface area contributed by atoms with E-state index in [-0.39, 0.29) is 24.4 Å². The van der Waals surface area contributed by atoms with Gasteiger partial charge in [0.2, 0.25) is 0 Å². The van der Waals surface area contributed by atoms with Crippen LogP contribution in [0, 0.1) is 5.82 Å². The number of carbonyl (C=O) groups excluding carboxylic acids is 1. The third kappa shape index (κ3) is 5.81. The summed E-state index contributed by atoms with van der Waals surface area (Å²) in [5.41, 5.74) is 3.62. The third-order valence-corrected chi connectivity index (χ3v) is 6.44. The van der Waals surface area contributed by atoms with Crippen molar-refractivity contribution in [2.75, 3.05) is 46.9 Å². The number of ether oxygens (including phenoxy) is 1. The molecule has 7 nitrogen and oxygen atoms in total. The Morgan fingerprint density at radius 1 is 1.12 bits per heavy atom. The van der Waals surface area contributed by atoms with Gasteiger partial charge < -0.3 is 19.1 Å². The first-order valence-corrected chi connectivity index (χ1v) is 11.5. The van der Waals surface area contributed by atoms with Crippen molar-refractivity contribution in [1.82, 2.24) is 19.9 Å². The van der Waals surface area contributed by atoms with Gasteiger partial charge in [-0.25, -0.2) is 4.39 Å². The van der Waals surface area contributed by atoms with Crippen molar-refractivity contribution < 1.29 is 18.4 Å². The number of hydrogen-bond donors (Lipinski definition) is 0. The molecule has 1 aromatic heterocycles. The fourth-order valence-electron chi connectivity index (χ4n) is 4.01. The van der Waals surface area contributed by atoms with Gasteiger partial charge in [0.1, 0.15) is 23.5 Å². The minimum Gasteiger partial charge on any atom is -0.483 e. The van der Waals surface area contributed by atoms with Crippen molar-refractivity contribution in [3.63, 3.8) is 0 Å². The molecule has 2 heterocycles. The number of piperazine rings is 1. The normalized spacial score (nSPS) is 15.8. The van der Waals surface area contributed by atoms with Crippen molar-refractivity contribution in [3.05, 3.63) is 71.9 Å². The number of benzene rings is 2. The first-order chi connectivity index (χ1) is 16.4. The third-order valence-electron chi connectivity index (χ3n) is 6.44. The van der Waals surface area contributed by atoms with Gasteiger partial charge in [-0.15, -0.1) is 0 Å². The minimum absolute atomic E-state index is 0.0790. The van der Waals surface area contributed by atoms with Crippen LogP contribution in [-0.4, -0.2) is 72.6 Å². The highest BCUT2D eigenvalue weighted by atomic mass is 19.1. The van der Waals surface area contributed by atoms with E-state index in [0.717, 1.165) is 49.4 Å². The average molecular weight is 467 g/mol. The molecule has 4 rings (SSSR count). The molecule has 2 aromatic carbocycles. The molecule has 1 atom stereocenters. The summed E-state index contributed by atoms with van der Waals surface area (Å²) in [6.45, 7) is 6.49. The molecule has 0 aliphatic carbocycles. The molecular weight excluding hydrogens is 435 g/mol. The first kappa shape index (κ1) is 23.9. The van der Waals surface area contributed by atoms with E-state index in [9.17, 15) is 9.18 Å². The summed E-state index contributed by atoms with van der Waals surface area (Å²) in [4.78, 5) is 19.1. The molecule has 0 saturated carbocycles. The Bertz CT molecular complexity index is 1080. The Labute approximate surface area is 199 Å². The van der Waals surface area contributed by atoms with E-state index in [4.69, 9.17) is 9.26 Å². The lowest BCUT2D eigenvalue weighted by molar-refractivity contribution is -0.134. The van der Waals surface area contributed by atoms with Gasteiger partial charge in [-0.3, -0.25) is 9.69 Å². The second kappa shape index (κ2) is 10.8. The maximum Gasteiger partial charge on any atom is 0.260 e. The van der Waals surface area contributed by atoms with Crippen molar-refractivity contribution in [1.29, 1.82) is 0 Å². The van der Waals surface area contributed by atoms with Crippen LogP contribution in [0.2, 0.25) is 0 Å². The first-order valence-electron chi connectivity index (χ1n) is 11.5. The number of likely N-dealkylation sites (N-methyl/N-ethyl adjacent to an activating group) is 2. The summed E-state index contributed by atoms with van der Waals surface area (Å²) in [5.74, 6) is 0.271. The number of hydrogen-bond acceptors (Lipinski definition) is 6. The lowest BCUT2D eigenvalue weighted by Gasteiger charge is -2.32. The zero-order valence-corrected chi connectivity index (χ0v) is 19.9. The number of halogens is 1. The second-order valence-corrected chi connectivity index (χ2v) is 8.80. The average Bonchev–Trinajstić information content (AvgIpc) is 3.39. The molecule has 0 radical (unpaired) electrons. The van der Waals surface area contributed by atoms with Crippen LogP contribution in [0.1, 0.15) is 24.2 Å². The predicted octanol–water partition coefficient (Wildman–Crippen LogP) is 3.83. The molecule has 180 valence electrons. The fourth-order valence-corrected chi connectivity index (χ4v) is 4.01. The molecule has 0 bridgehead atoms. The van der Waals surface area contributed by atoms with Gasteiger partial charge in [-0.2, -0.15) is 0 Å². The van der Waals surface area contributed by atoms with E-state index in [0.29, 0.717) is 11.4 Å². The van der Waals surface area contributed by atoms with Crippen LogP contribution in [-0.2, 0) is 11.3 Å². The SMILES string of the molecule is CC(c1ccon1)N(C)C(=O)COc1ccc(-c2ccc(F)cc2)cc1CN1CCN(C)CC1. The van der Waals surface area contributed by atoms with Crippen LogP contribution < -0.4 is 4.74 Å². The number of carbonyl (C=O) groups is 1. The standard InChI is InChI=1S/C26H31FN4O3/c1-19(24-10-15-34-28-24)30(3)26(32)18-33-25-9-6-21(20-4-7-23(27)8-5-20)16-22(25)17-31-13-11-29(2)12-14-31/h4-10,15-16,19H,11-14,17-18H2,1-3H3. The summed E-state index contributed by atoms with van der Waals surface area (Å²) < 4.78 is 24.3. The lowest BCUT2D eigenvalue weighted by atomic mass is 10.0. The number of aromatic nitrogens is 1. The van der Waals surface area contributed by atoms with Crippen LogP contribution in [0.25, 0.3) is 11.1 Å². The number of amides is 1. The quantitative estimate of drug-likeness (QED) is 0.503. The van der Waals surface area contributed by atoms with E-state index >= 15 is 0 Å². The maximum absolute atomic E-state index is 13.4. The molecule has 1 saturated heterocycles. The van der Waals surface area contributed by atoms with Crippen LogP contribution in [0.4, 0.5) is 4.39 Å². The van der Waals surface area contributed by atoms with Crippen LogP contribution in [0.5, 0.6) is 5.75 Å². The monoisotopic (exact) mass is 466 g/mol. The highest BCUT2D eigenvalue weighted by molar-refractivity contribution is 5.78. The van der Waals surface area contributed by atoms with Gasteiger partial charge >= 0.3 is 0 Å².